The lowest BCUT2D eigenvalue weighted by atomic mass is 9.81. The number of ether oxygens (including phenoxy) is 1. The Bertz CT molecular complexity index is 1500. The molecule has 41 heavy (non-hydrogen) atoms. The van der Waals surface area contributed by atoms with Crippen LogP contribution in [0, 0.1) is 5.92 Å². The van der Waals surface area contributed by atoms with E-state index in [4.69, 9.17) is 20.7 Å². The molecule has 3 N–H and O–H groups in total. The zero-order valence-electron chi connectivity index (χ0n) is 23.1. The third-order valence-corrected chi connectivity index (χ3v) is 9.92. The first-order valence-corrected chi connectivity index (χ1v) is 15.6. The Kier molecular flexibility index (Phi) is 7.78. The van der Waals surface area contributed by atoms with Crippen LogP contribution in [0.15, 0.2) is 44.9 Å². The summed E-state index contributed by atoms with van der Waals surface area (Å²) in [4.78, 5) is 50.9. The average Bonchev–Trinajstić information content (AvgIpc) is 3.72. The summed E-state index contributed by atoms with van der Waals surface area (Å²) in [5, 5.41) is 7.59. The van der Waals surface area contributed by atoms with Gasteiger partial charge in [-0.25, -0.2) is 9.36 Å². The number of carbonyl (C=O) groups is 3. The maximum absolute atomic E-state index is 13.5. The first-order chi connectivity index (χ1) is 19.7. The molecule has 6 rings (SSSR count). The number of hydrogen-bond acceptors (Lipinski definition) is 7. The number of rotatable bonds is 4. The van der Waals surface area contributed by atoms with Crippen LogP contribution in [-0.2, 0) is 20.2 Å². The summed E-state index contributed by atoms with van der Waals surface area (Å²) in [5.41, 5.74) is 3.39. The molecule has 4 heterocycles. The van der Waals surface area contributed by atoms with Gasteiger partial charge in [0.05, 0.1) is 18.3 Å². The molecule has 0 bridgehead atoms. The number of fused-ring (bicyclic) bond motifs is 1. The number of nitrogens with one attached hydrogen (secondary N) is 3. The first-order valence-electron chi connectivity index (χ1n) is 13.9. The van der Waals surface area contributed by atoms with Crippen LogP contribution in [0.4, 0.5) is 4.79 Å². The summed E-state index contributed by atoms with van der Waals surface area (Å²) in [6, 6.07) is 7.14. The largest absolute Gasteiger partial charge is 0.463 e. The third kappa shape index (κ3) is 5.85. The minimum absolute atomic E-state index is 0.0313. The van der Waals surface area contributed by atoms with E-state index in [1.54, 1.807) is 37.2 Å². The highest BCUT2D eigenvalue weighted by Crippen LogP contribution is 2.30. The Morgan fingerprint density at radius 3 is 2.80 bits per heavy atom. The second-order valence-corrected chi connectivity index (χ2v) is 13.1. The van der Waals surface area contributed by atoms with Gasteiger partial charge < -0.3 is 30.2 Å². The molecule has 1 aromatic carbocycles. The van der Waals surface area contributed by atoms with Gasteiger partial charge in [0.1, 0.15) is 12.3 Å². The number of halogens is 1. The quantitative estimate of drug-likeness (QED) is 0.497. The molecule has 0 saturated heterocycles. The Balaban J connectivity index is 1.14. The van der Waals surface area contributed by atoms with E-state index in [2.05, 4.69) is 25.5 Å². The number of benzene rings is 1. The molecule has 3 aliphatic heterocycles. The van der Waals surface area contributed by atoms with Crippen LogP contribution in [0.25, 0.3) is 10.9 Å². The molecule has 2 aromatic rings. The van der Waals surface area contributed by atoms with Gasteiger partial charge in [-0.1, -0.05) is 11.6 Å². The van der Waals surface area contributed by atoms with Crippen molar-refractivity contribution in [3.63, 3.8) is 0 Å². The molecule has 4 aliphatic rings. The van der Waals surface area contributed by atoms with Gasteiger partial charge in [-0.05, 0) is 59.8 Å². The van der Waals surface area contributed by atoms with Gasteiger partial charge in [-0.2, -0.15) is 0 Å². The number of aliphatic imine (C=N–C) groups is 1. The molecule has 3 amide bonds. The molecule has 11 nitrogen and oxygen atoms in total. The molecule has 1 saturated carbocycles. The summed E-state index contributed by atoms with van der Waals surface area (Å²) in [7, 11) is 2.63. The van der Waals surface area contributed by atoms with Crippen LogP contribution in [0.1, 0.15) is 36.2 Å². The molecule has 218 valence electrons. The number of nitrogens with zero attached hydrogens (tertiary/aromatic N) is 4. The minimum Gasteiger partial charge on any atom is -0.463 e. The van der Waals surface area contributed by atoms with E-state index in [9.17, 15) is 14.4 Å². The zero-order valence-corrected chi connectivity index (χ0v) is 24.7. The Morgan fingerprint density at radius 2 is 2.02 bits per heavy atom. The highest BCUT2D eigenvalue weighted by atomic mass is 35.5. The van der Waals surface area contributed by atoms with E-state index in [1.807, 2.05) is 6.07 Å². The molecule has 0 spiro atoms. The lowest BCUT2D eigenvalue weighted by Gasteiger charge is -2.37. The summed E-state index contributed by atoms with van der Waals surface area (Å²) < 4.78 is 10.4. The molecule has 1 fully saturated rings. The first kappa shape index (κ1) is 27.8. The molecule has 1 aromatic heterocycles. The van der Waals surface area contributed by atoms with Gasteiger partial charge in [0.25, 0.3) is 17.2 Å². The Hall–Kier alpha value is -3.38. The highest BCUT2D eigenvalue weighted by molar-refractivity contribution is 8.02. The fourth-order valence-electron chi connectivity index (χ4n) is 5.96. The summed E-state index contributed by atoms with van der Waals surface area (Å²) >= 11 is 6.11. The summed E-state index contributed by atoms with van der Waals surface area (Å²) in [5.74, 6) is 0.117. The molecular weight excluding hydrogens is 566 g/mol. The number of aromatic nitrogens is 1. The summed E-state index contributed by atoms with van der Waals surface area (Å²) in [6.45, 7) is 2.73. The van der Waals surface area contributed by atoms with Crippen LogP contribution in [-0.4, -0.2) is 96.0 Å². The van der Waals surface area contributed by atoms with E-state index < -0.39 is 16.7 Å². The second kappa shape index (κ2) is 11.5. The van der Waals surface area contributed by atoms with Crippen molar-refractivity contribution in [2.45, 2.75) is 37.8 Å². The smallest absolute Gasteiger partial charge is 0.290 e. The van der Waals surface area contributed by atoms with Gasteiger partial charge in [0.15, 0.2) is 0 Å². The highest BCUT2D eigenvalue weighted by Gasteiger charge is 2.38. The van der Waals surface area contributed by atoms with Crippen LogP contribution >= 0.6 is 11.6 Å². The van der Waals surface area contributed by atoms with Crippen molar-refractivity contribution in [2.24, 2.45) is 15.3 Å². The molecule has 0 radical (unpaired) electrons. The van der Waals surface area contributed by atoms with E-state index in [1.165, 1.54) is 0 Å². The van der Waals surface area contributed by atoms with E-state index >= 15 is 0 Å². The monoisotopic (exact) mass is 599 g/mol. The van der Waals surface area contributed by atoms with Crippen molar-refractivity contribution in [3.8, 4) is 0 Å². The van der Waals surface area contributed by atoms with Crippen molar-refractivity contribution in [1.29, 1.82) is 0 Å². The Morgan fingerprint density at radius 1 is 1.17 bits per heavy atom. The lowest BCUT2D eigenvalue weighted by molar-refractivity contribution is -0.134. The van der Waals surface area contributed by atoms with Gasteiger partial charge in [-0.15, -0.1) is 0 Å². The number of amides is 3. The van der Waals surface area contributed by atoms with Crippen LogP contribution in [0.3, 0.4) is 0 Å². The van der Waals surface area contributed by atoms with E-state index in [-0.39, 0.29) is 29.0 Å². The van der Waals surface area contributed by atoms with Gasteiger partial charge in [0, 0.05) is 67.2 Å². The normalized spacial score (nSPS) is 25.7. The lowest BCUT2D eigenvalue weighted by Crippen LogP contribution is -2.56. The number of aromatic amines is 1. The molecule has 1 aliphatic carbocycles. The van der Waals surface area contributed by atoms with Crippen LogP contribution < -0.4 is 10.6 Å². The maximum Gasteiger partial charge on any atom is 0.290 e. The summed E-state index contributed by atoms with van der Waals surface area (Å²) in [6.07, 6.45) is 2.41. The van der Waals surface area contributed by atoms with Crippen molar-refractivity contribution in [2.75, 3.05) is 46.1 Å². The van der Waals surface area contributed by atoms with Crippen molar-refractivity contribution in [1.82, 2.24) is 25.4 Å². The average molecular weight is 600 g/mol. The molecule has 13 heteroatoms. The van der Waals surface area contributed by atoms with Crippen LogP contribution in [0.5, 0.6) is 0 Å². The predicted molar refractivity (Wildman–Crippen MR) is 159 cm³/mol. The second-order valence-electron chi connectivity index (χ2n) is 11.1. The van der Waals surface area contributed by atoms with Crippen molar-refractivity contribution in [3.05, 3.63) is 46.3 Å². The van der Waals surface area contributed by atoms with Gasteiger partial charge in [0.2, 0.25) is 5.91 Å². The number of amidine groups is 1. The fourth-order valence-corrected chi connectivity index (χ4v) is 7.78. The van der Waals surface area contributed by atoms with E-state index in [0.29, 0.717) is 61.4 Å². The topological polar surface area (TPSA) is 131 Å². The number of carbonyl (C=O) groups excluding carboxylic acids is 3. The standard InChI is InChI=1S/C28H34ClN7O4S/c1-35(2)26(38)16-3-5-22(32-25(37)24-13-17-11-19(29)4-6-20(17)31-24)23(12-16)33-28(39)41-15-18-14-36(9-7-21(18)34-41)27-30-8-10-40-27/h4,6,11,13,16,22-23,31H,3,5,7-10,12,14-15H2,1-2H3,(H,32,37)(H,33,39)/t16-,22-,23+,41?/m0/s1. The number of hydrogen-bond donors (Lipinski definition) is 3. The number of H-pyrrole nitrogens is 1. The Labute approximate surface area is 245 Å². The minimum atomic E-state index is -0.850. The van der Waals surface area contributed by atoms with Gasteiger partial charge in [-0.3, -0.25) is 14.4 Å². The SMILES string of the molecule is CN(C)C(=O)[C@H]1CC[C@H](NC(=O)c2cc3cc(Cl)ccc3[nH]2)[C@H](NC(=O)S2=NC3=C(CN(C4=NCCO4)CC3)C2)C1. The molecule has 1 unspecified atom stereocenters. The molecule has 4 atom stereocenters. The van der Waals surface area contributed by atoms with E-state index in [0.717, 1.165) is 35.1 Å². The molecular formula is C28H34ClN7O4S. The third-order valence-electron chi connectivity index (χ3n) is 8.08. The van der Waals surface area contributed by atoms with Gasteiger partial charge >= 0.3 is 0 Å². The maximum atomic E-state index is 13.5. The fraction of sp³-hybridized carbons (Fsp3) is 0.500. The predicted octanol–water partition coefficient (Wildman–Crippen LogP) is 3.05. The van der Waals surface area contributed by atoms with Crippen LogP contribution in [0.2, 0.25) is 5.02 Å². The van der Waals surface area contributed by atoms with Crippen molar-refractivity contribution < 1.29 is 19.1 Å². The zero-order chi connectivity index (χ0) is 28.7. The van der Waals surface area contributed by atoms with Crippen molar-refractivity contribution >= 4 is 56.3 Å².